The summed E-state index contributed by atoms with van der Waals surface area (Å²) in [5.41, 5.74) is -0.855. The molecule has 0 saturated heterocycles. The second-order valence-electron chi connectivity index (χ2n) is 10.5. The third-order valence-corrected chi connectivity index (χ3v) is 9.09. The third-order valence-electron chi connectivity index (χ3n) is 9.09. The van der Waals surface area contributed by atoms with Gasteiger partial charge in [-0.2, -0.15) is 0 Å². The van der Waals surface area contributed by atoms with Crippen LogP contribution in [0.3, 0.4) is 0 Å². The summed E-state index contributed by atoms with van der Waals surface area (Å²) in [7, 11) is 0. The maximum atomic E-state index is 13.0. The molecule has 1 aromatic rings. The molecule has 0 unspecified atom stereocenters. The van der Waals surface area contributed by atoms with Crippen molar-refractivity contribution in [3.63, 3.8) is 0 Å². The maximum absolute atomic E-state index is 13.0. The number of nitrogens with zero attached hydrogens (tertiary/aromatic N) is 3. The van der Waals surface area contributed by atoms with E-state index in [1.165, 1.54) is 32.1 Å². The average Bonchev–Trinajstić information content (AvgIpc) is 3.43. The summed E-state index contributed by atoms with van der Waals surface area (Å²) >= 11 is 0. The van der Waals surface area contributed by atoms with Gasteiger partial charge in [0.25, 0.3) is 0 Å². The van der Waals surface area contributed by atoms with Gasteiger partial charge in [0.1, 0.15) is 12.1 Å². The van der Waals surface area contributed by atoms with Gasteiger partial charge >= 0.3 is 0 Å². The molecule has 0 radical (unpaired) electrons. The van der Waals surface area contributed by atoms with Gasteiger partial charge in [0.05, 0.1) is 12.8 Å². The molecule has 1 heterocycles. The molecular formula is C25H35N3O3. The Morgan fingerprint density at radius 3 is 2.58 bits per heavy atom. The molecule has 0 amide bonds. The first kappa shape index (κ1) is 21.2. The Morgan fingerprint density at radius 1 is 1.03 bits per heavy atom. The van der Waals surface area contributed by atoms with Crippen molar-refractivity contribution in [3.05, 3.63) is 12.4 Å². The van der Waals surface area contributed by atoms with Gasteiger partial charge in [-0.1, -0.05) is 17.1 Å². The van der Waals surface area contributed by atoms with E-state index in [0.29, 0.717) is 42.4 Å². The molecule has 4 aliphatic rings. The van der Waals surface area contributed by atoms with Gasteiger partial charge in [0, 0.05) is 18.5 Å². The molecule has 6 heteroatoms. The van der Waals surface area contributed by atoms with Crippen LogP contribution in [0.25, 0.3) is 0 Å². The number of rotatable bonds is 4. The minimum Gasteiger partial charge on any atom is -0.395 e. The van der Waals surface area contributed by atoms with Crippen molar-refractivity contribution in [1.29, 1.82) is 0 Å². The summed E-state index contributed by atoms with van der Waals surface area (Å²) in [5.74, 6) is 10.7. The Kier molecular flexibility index (Phi) is 5.92. The Hall–Kier alpha value is -1.71. The van der Waals surface area contributed by atoms with E-state index in [1.807, 2.05) is 0 Å². The lowest BCUT2D eigenvalue weighted by atomic mass is 9.52. The normalized spacial score (nSPS) is 41.4. The molecule has 0 aliphatic heterocycles. The largest absolute Gasteiger partial charge is 0.395 e. The van der Waals surface area contributed by atoms with Gasteiger partial charge in [0.2, 0.25) is 0 Å². The fraction of sp³-hybridized carbons (Fsp3) is 0.800. The van der Waals surface area contributed by atoms with Crippen LogP contribution in [0.15, 0.2) is 12.4 Å². The summed E-state index contributed by atoms with van der Waals surface area (Å²) in [6, 6.07) is 0. The van der Waals surface area contributed by atoms with E-state index < -0.39 is 5.60 Å². The molecule has 8 atom stereocenters. The lowest BCUT2D eigenvalue weighted by molar-refractivity contribution is -0.126. The summed E-state index contributed by atoms with van der Waals surface area (Å²) < 4.78 is 1.67. The van der Waals surface area contributed by atoms with Gasteiger partial charge in [-0.3, -0.25) is 4.79 Å². The minimum atomic E-state index is -0.855. The van der Waals surface area contributed by atoms with Crippen molar-refractivity contribution in [2.45, 2.75) is 76.4 Å². The van der Waals surface area contributed by atoms with Crippen molar-refractivity contribution in [3.8, 4) is 11.8 Å². The third kappa shape index (κ3) is 4.07. The first-order chi connectivity index (χ1) is 15.1. The van der Waals surface area contributed by atoms with E-state index >= 15 is 0 Å². The number of Topliss-reactive ketones (excluding diaryl/α,β-unsaturated/α-hetero) is 1. The second kappa shape index (κ2) is 8.67. The Bertz CT molecular complexity index is 844. The molecule has 0 bridgehead atoms. The van der Waals surface area contributed by atoms with Crippen LogP contribution < -0.4 is 0 Å². The van der Waals surface area contributed by atoms with Crippen LogP contribution in [0.4, 0.5) is 0 Å². The van der Waals surface area contributed by atoms with Crippen molar-refractivity contribution in [1.82, 2.24) is 15.0 Å². The number of carbonyl (C=O) groups excluding carboxylic acids is 1. The van der Waals surface area contributed by atoms with E-state index in [4.69, 9.17) is 5.11 Å². The highest BCUT2D eigenvalue weighted by molar-refractivity contribution is 5.81. The Labute approximate surface area is 184 Å². The average molecular weight is 426 g/mol. The number of fused-ring (bicyclic) bond motifs is 5. The molecule has 31 heavy (non-hydrogen) atoms. The number of hydrogen-bond donors (Lipinski definition) is 2. The zero-order chi connectivity index (χ0) is 21.4. The zero-order valence-corrected chi connectivity index (χ0v) is 18.3. The molecule has 0 aromatic carbocycles. The van der Waals surface area contributed by atoms with Gasteiger partial charge < -0.3 is 10.2 Å². The standard InChI is InChI=1S/C25H35N3O3/c29-14-2-1-10-25(31)11-9-18-17(15-25)3-4-20-19(18)5-6-22-21(20)7-8-23(22)24(30)16-28-13-12-26-27-28/h12-13,17-23,29,31H,2-9,11,14-16H2/t17-,18+,19-,20-,21+,22+,23+,25-/m1/s1. The van der Waals surface area contributed by atoms with Crippen LogP contribution in [0.5, 0.6) is 0 Å². The summed E-state index contributed by atoms with van der Waals surface area (Å²) in [4.78, 5) is 13.0. The molecule has 2 N–H and O–H groups in total. The van der Waals surface area contributed by atoms with Gasteiger partial charge in [-0.05, 0) is 93.3 Å². The molecule has 5 rings (SSSR count). The zero-order valence-electron chi connectivity index (χ0n) is 18.3. The van der Waals surface area contributed by atoms with Crippen LogP contribution in [-0.4, -0.2) is 43.2 Å². The quantitative estimate of drug-likeness (QED) is 0.724. The fourth-order valence-corrected chi connectivity index (χ4v) is 7.93. The van der Waals surface area contributed by atoms with Crippen LogP contribution in [-0.2, 0) is 11.3 Å². The van der Waals surface area contributed by atoms with Crippen molar-refractivity contribution < 1.29 is 15.0 Å². The number of carbonyl (C=O) groups is 1. The lowest BCUT2D eigenvalue weighted by Gasteiger charge is -2.53. The summed E-state index contributed by atoms with van der Waals surface area (Å²) in [6.07, 6.45) is 13.6. The van der Waals surface area contributed by atoms with E-state index in [0.717, 1.165) is 37.5 Å². The SMILES string of the molecule is O=C(Cn1ccnn1)[C@H]1CC[C@H]2[C@@H]3CC[C@@H]4C[C@@](O)(C#CCCO)CC[C@@H]4[C@H]3CC[C@@H]21. The highest BCUT2D eigenvalue weighted by atomic mass is 16.3. The fourth-order valence-electron chi connectivity index (χ4n) is 7.93. The number of aliphatic hydroxyl groups is 2. The van der Waals surface area contributed by atoms with Crippen molar-refractivity contribution in [2.24, 2.45) is 41.4 Å². The highest BCUT2D eigenvalue weighted by Gasteiger charge is 2.54. The number of aliphatic hydroxyl groups excluding tert-OH is 1. The van der Waals surface area contributed by atoms with Gasteiger partial charge in [0.15, 0.2) is 5.78 Å². The predicted octanol–water partition coefficient (Wildman–Crippen LogP) is 2.84. The summed E-state index contributed by atoms with van der Waals surface area (Å²) in [6.45, 7) is 0.423. The molecule has 4 saturated carbocycles. The Balaban J connectivity index is 1.23. The first-order valence-electron chi connectivity index (χ1n) is 12.3. The van der Waals surface area contributed by atoms with Crippen LogP contribution >= 0.6 is 0 Å². The van der Waals surface area contributed by atoms with Crippen LogP contribution in [0, 0.1) is 53.3 Å². The molecule has 1 aromatic heterocycles. The van der Waals surface area contributed by atoms with Crippen molar-refractivity contribution >= 4 is 5.78 Å². The minimum absolute atomic E-state index is 0.0593. The number of ketones is 1. The Morgan fingerprint density at radius 2 is 1.77 bits per heavy atom. The van der Waals surface area contributed by atoms with Crippen LogP contribution in [0.1, 0.15) is 64.2 Å². The van der Waals surface area contributed by atoms with E-state index in [1.54, 1.807) is 17.1 Å². The highest BCUT2D eigenvalue weighted by Crippen LogP contribution is 2.59. The topological polar surface area (TPSA) is 88.2 Å². The maximum Gasteiger partial charge on any atom is 0.157 e. The van der Waals surface area contributed by atoms with Crippen molar-refractivity contribution in [2.75, 3.05) is 6.61 Å². The first-order valence-corrected chi connectivity index (χ1v) is 12.3. The smallest absolute Gasteiger partial charge is 0.157 e. The molecule has 6 nitrogen and oxygen atoms in total. The predicted molar refractivity (Wildman–Crippen MR) is 115 cm³/mol. The molecule has 4 fully saturated rings. The monoisotopic (exact) mass is 425 g/mol. The lowest BCUT2D eigenvalue weighted by Crippen LogP contribution is -2.48. The molecule has 0 spiro atoms. The second-order valence-corrected chi connectivity index (χ2v) is 10.5. The number of aromatic nitrogens is 3. The summed E-state index contributed by atoms with van der Waals surface area (Å²) in [5, 5.41) is 27.8. The van der Waals surface area contributed by atoms with Gasteiger partial charge in [-0.15, -0.1) is 5.10 Å². The van der Waals surface area contributed by atoms with E-state index in [-0.39, 0.29) is 12.5 Å². The van der Waals surface area contributed by atoms with E-state index in [2.05, 4.69) is 22.2 Å². The number of hydrogen-bond acceptors (Lipinski definition) is 5. The van der Waals surface area contributed by atoms with Crippen LogP contribution in [0.2, 0.25) is 0 Å². The molecular weight excluding hydrogens is 390 g/mol. The van der Waals surface area contributed by atoms with Gasteiger partial charge in [-0.25, -0.2) is 4.68 Å². The molecule has 4 aliphatic carbocycles. The van der Waals surface area contributed by atoms with E-state index in [9.17, 15) is 9.90 Å². The molecule has 168 valence electrons.